The number of aliphatic hydroxyl groups excluding tert-OH is 1. The number of aliphatic hydroxyl groups is 1. The number of halogens is 1. The van der Waals surface area contributed by atoms with Gasteiger partial charge in [-0.1, -0.05) is 18.2 Å². The second kappa shape index (κ2) is 6.30. The lowest BCUT2D eigenvalue weighted by molar-refractivity contribution is 0.144. The van der Waals surface area contributed by atoms with E-state index in [9.17, 15) is 9.50 Å². The van der Waals surface area contributed by atoms with Gasteiger partial charge in [0.1, 0.15) is 5.82 Å². The van der Waals surface area contributed by atoms with Crippen LogP contribution in [0.5, 0.6) is 0 Å². The van der Waals surface area contributed by atoms with Crippen molar-refractivity contribution in [2.24, 2.45) is 5.92 Å². The Hall–Kier alpha value is -1.72. The van der Waals surface area contributed by atoms with Crippen LogP contribution in [0, 0.1) is 11.7 Å². The van der Waals surface area contributed by atoms with Gasteiger partial charge in [-0.15, -0.1) is 0 Å². The number of hydrogen-bond donors (Lipinski definition) is 2. The zero-order chi connectivity index (χ0) is 16.6. The standard InChI is InChI=1S/C19H24FN3O/c20-16-5-2-1-4-15(16)19(6-7-19)13-21-17-10-14(11-18(17)24)12-23-9-3-8-22-23/h1-5,8-9,14,17-18,21,24H,6-7,10-13H2/t14?,17-,18-/m1/s1. The summed E-state index contributed by atoms with van der Waals surface area (Å²) in [6.45, 7) is 1.59. The van der Waals surface area contributed by atoms with Gasteiger partial charge in [0, 0.05) is 36.9 Å². The van der Waals surface area contributed by atoms with Crippen molar-refractivity contribution in [2.75, 3.05) is 6.54 Å². The lowest BCUT2D eigenvalue weighted by atomic mass is 9.95. The highest BCUT2D eigenvalue weighted by Crippen LogP contribution is 2.48. The summed E-state index contributed by atoms with van der Waals surface area (Å²) in [7, 11) is 0. The minimum atomic E-state index is -0.331. The molecule has 1 heterocycles. The first-order valence-electron chi connectivity index (χ1n) is 8.80. The van der Waals surface area contributed by atoms with E-state index in [0.717, 1.165) is 44.3 Å². The van der Waals surface area contributed by atoms with E-state index in [0.29, 0.717) is 5.92 Å². The molecule has 4 rings (SSSR count). The Labute approximate surface area is 141 Å². The molecule has 2 aliphatic rings. The van der Waals surface area contributed by atoms with Crippen molar-refractivity contribution in [3.8, 4) is 0 Å². The van der Waals surface area contributed by atoms with Crippen LogP contribution in [0.15, 0.2) is 42.7 Å². The first-order chi connectivity index (χ1) is 11.7. The molecule has 5 heteroatoms. The summed E-state index contributed by atoms with van der Waals surface area (Å²) in [5, 5.41) is 18.1. The van der Waals surface area contributed by atoms with Gasteiger partial charge < -0.3 is 10.4 Å². The van der Waals surface area contributed by atoms with Crippen LogP contribution in [-0.2, 0) is 12.0 Å². The summed E-state index contributed by atoms with van der Waals surface area (Å²) >= 11 is 0. The van der Waals surface area contributed by atoms with E-state index in [1.807, 2.05) is 29.1 Å². The monoisotopic (exact) mass is 329 g/mol. The second-order valence-corrected chi connectivity index (χ2v) is 7.38. The van der Waals surface area contributed by atoms with Gasteiger partial charge in [-0.25, -0.2) is 4.39 Å². The molecule has 2 aliphatic carbocycles. The zero-order valence-electron chi connectivity index (χ0n) is 13.7. The number of aromatic nitrogens is 2. The van der Waals surface area contributed by atoms with Crippen molar-refractivity contribution in [3.63, 3.8) is 0 Å². The smallest absolute Gasteiger partial charge is 0.127 e. The Kier molecular flexibility index (Phi) is 4.14. The molecule has 0 aliphatic heterocycles. The molecular formula is C19H24FN3O. The third kappa shape index (κ3) is 3.10. The first kappa shape index (κ1) is 15.8. The molecule has 1 unspecified atom stereocenters. The summed E-state index contributed by atoms with van der Waals surface area (Å²) in [5.41, 5.74) is 0.739. The minimum Gasteiger partial charge on any atom is -0.391 e. The Bertz CT molecular complexity index is 684. The van der Waals surface area contributed by atoms with Gasteiger partial charge in [0.2, 0.25) is 0 Å². The number of rotatable bonds is 6. The van der Waals surface area contributed by atoms with E-state index in [4.69, 9.17) is 0 Å². The zero-order valence-corrected chi connectivity index (χ0v) is 13.7. The Morgan fingerprint density at radius 3 is 2.79 bits per heavy atom. The number of hydrogen-bond acceptors (Lipinski definition) is 3. The molecule has 128 valence electrons. The molecule has 0 saturated heterocycles. The third-order valence-corrected chi connectivity index (χ3v) is 5.63. The average Bonchev–Trinajstić information content (AvgIpc) is 3.01. The van der Waals surface area contributed by atoms with Crippen molar-refractivity contribution >= 4 is 0 Å². The second-order valence-electron chi connectivity index (χ2n) is 7.38. The van der Waals surface area contributed by atoms with E-state index < -0.39 is 0 Å². The summed E-state index contributed by atoms with van der Waals surface area (Å²) < 4.78 is 16.0. The molecule has 1 aromatic heterocycles. The number of nitrogens with zero attached hydrogens (tertiary/aromatic N) is 2. The molecule has 0 radical (unpaired) electrons. The Morgan fingerprint density at radius 2 is 2.08 bits per heavy atom. The van der Waals surface area contributed by atoms with Crippen LogP contribution in [0.4, 0.5) is 4.39 Å². The summed E-state index contributed by atoms with van der Waals surface area (Å²) in [4.78, 5) is 0. The summed E-state index contributed by atoms with van der Waals surface area (Å²) in [5.74, 6) is 0.321. The van der Waals surface area contributed by atoms with Gasteiger partial charge in [-0.05, 0) is 49.3 Å². The first-order valence-corrected chi connectivity index (χ1v) is 8.80. The number of benzene rings is 1. The molecule has 2 saturated carbocycles. The van der Waals surface area contributed by atoms with E-state index in [1.54, 1.807) is 18.3 Å². The van der Waals surface area contributed by atoms with Gasteiger partial charge in [-0.3, -0.25) is 4.68 Å². The van der Waals surface area contributed by atoms with Gasteiger partial charge in [-0.2, -0.15) is 5.10 Å². The minimum absolute atomic E-state index is 0.0782. The maximum Gasteiger partial charge on any atom is 0.127 e. The van der Waals surface area contributed by atoms with E-state index >= 15 is 0 Å². The Balaban J connectivity index is 1.35. The summed E-state index contributed by atoms with van der Waals surface area (Å²) in [6.07, 6.45) is 7.18. The maximum atomic E-state index is 14.1. The van der Waals surface area contributed by atoms with Crippen molar-refractivity contribution in [1.82, 2.24) is 15.1 Å². The lowest BCUT2D eigenvalue weighted by Gasteiger charge is -2.22. The van der Waals surface area contributed by atoms with E-state index in [2.05, 4.69) is 10.4 Å². The molecule has 0 spiro atoms. The SMILES string of the molecule is O[C@@H]1CC(Cn2cccn2)C[C@H]1NCC1(c2ccccc2F)CC1. The van der Waals surface area contributed by atoms with Crippen molar-refractivity contribution < 1.29 is 9.50 Å². The molecule has 0 bridgehead atoms. The van der Waals surface area contributed by atoms with Crippen LogP contribution in [0.2, 0.25) is 0 Å². The third-order valence-electron chi connectivity index (χ3n) is 5.63. The maximum absolute atomic E-state index is 14.1. The van der Waals surface area contributed by atoms with Gasteiger partial charge in [0.15, 0.2) is 0 Å². The molecule has 3 atom stereocenters. The largest absolute Gasteiger partial charge is 0.391 e. The molecule has 24 heavy (non-hydrogen) atoms. The van der Waals surface area contributed by atoms with Gasteiger partial charge >= 0.3 is 0 Å². The van der Waals surface area contributed by atoms with E-state index in [-0.39, 0.29) is 23.4 Å². The molecular weight excluding hydrogens is 305 g/mol. The normalized spacial score (nSPS) is 28.2. The molecule has 2 N–H and O–H groups in total. The van der Waals surface area contributed by atoms with Crippen LogP contribution in [0.3, 0.4) is 0 Å². The molecule has 4 nitrogen and oxygen atoms in total. The van der Waals surface area contributed by atoms with E-state index in [1.165, 1.54) is 0 Å². The fourth-order valence-electron chi connectivity index (χ4n) is 4.07. The highest BCUT2D eigenvalue weighted by atomic mass is 19.1. The fraction of sp³-hybridized carbons (Fsp3) is 0.526. The van der Waals surface area contributed by atoms with Crippen LogP contribution in [-0.4, -0.2) is 33.6 Å². The Morgan fingerprint density at radius 1 is 1.25 bits per heavy atom. The van der Waals surface area contributed by atoms with Gasteiger partial charge in [0.25, 0.3) is 0 Å². The van der Waals surface area contributed by atoms with Gasteiger partial charge in [0.05, 0.1) is 6.10 Å². The van der Waals surface area contributed by atoms with Crippen LogP contribution in [0.1, 0.15) is 31.2 Å². The topological polar surface area (TPSA) is 50.1 Å². The predicted molar refractivity (Wildman–Crippen MR) is 90.1 cm³/mol. The van der Waals surface area contributed by atoms with Crippen molar-refractivity contribution in [1.29, 1.82) is 0 Å². The average molecular weight is 329 g/mol. The fourth-order valence-corrected chi connectivity index (χ4v) is 4.07. The molecule has 2 aromatic rings. The van der Waals surface area contributed by atoms with Crippen LogP contribution >= 0.6 is 0 Å². The molecule has 0 amide bonds. The highest BCUT2D eigenvalue weighted by Gasteiger charge is 2.46. The van der Waals surface area contributed by atoms with Crippen LogP contribution < -0.4 is 5.32 Å². The molecule has 2 fully saturated rings. The van der Waals surface area contributed by atoms with Crippen LogP contribution in [0.25, 0.3) is 0 Å². The lowest BCUT2D eigenvalue weighted by Crippen LogP contribution is -2.40. The quantitative estimate of drug-likeness (QED) is 0.856. The van der Waals surface area contributed by atoms with Crippen molar-refractivity contribution in [3.05, 3.63) is 54.1 Å². The molecule has 1 aromatic carbocycles. The summed E-state index contributed by atoms with van der Waals surface area (Å²) in [6, 6.07) is 9.10. The van der Waals surface area contributed by atoms with Crippen molar-refractivity contribution in [2.45, 2.75) is 49.8 Å². The number of nitrogens with one attached hydrogen (secondary N) is 1. The predicted octanol–water partition coefficient (Wildman–Crippen LogP) is 2.48. The highest BCUT2D eigenvalue weighted by molar-refractivity contribution is 5.33.